The van der Waals surface area contributed by atoms with E-state index in [-0.39, 0.29) is 36.6 Å². The first-order valence-corrected chi connectivity index (χ1v) is 6.90. The van der Waals surface area contributed by atoms with Gasteiger partial charge < -0.3 is 19.3 Å². The molecule has 0 unspecified atom stereocenters. The minimum absolute atomic E-state index is 0. The van der Waals surface area contributed by atoms with Crippen molar-refractivity contribution in [3.05, 3.63) is 29.1 Å². The first-order valence-electron chi connectivity index (χ1n) is 6.90. The number of guanidine groups is 1. The minimum Gasteiger partial charge on any atom is -0.467 e. The highest BCUT2D eigenvalue weighted by atomic mass is 127. The maximum Gasteiger partial charge on any atom is 0.195 e. The van der Waals surface area contributed by atoms with Crippen LogP contribution in [0.3, 0.4) is 0 Å². The molecule has 0 amide bonds. The van der Waals surface area contributed by atoms with Crippen molar-refractivity contribution in [2.75, 3.05) is 41.5 Å². The van der Waals surface area contributed by atoms with E-state index < -0.39 is 0 Å². The Labute approximate surface area is 148 Å². The summed E-state index contributed by atoms with van der Waals surface area (Å²) in [6, 6.07) is 2.98. The lowest BCUT2D eigenvalue weighted by Crippen LogP contribution is -2.35. The van der Waals surface area contributed by atoms with E-state index in [2.05, 4.69) is 4.99 Å². The Bertz CT molecular complexity index is 526. The second kappa shape index (κ2) is 8.52. The highest BCUT2D eigenvalue weighted by Gasteiger charge is 2.16. The van der Waals surface area contributed by atoms with E-state index in [0.29, 0.717) is 19.6 Å². The summed E-state index contributed by atoms with van der Waals surface area (Å²) >= 11 is 0. The summed E-state index contributed by atoms with van der Waals surface area (Å²) in [5, 5.41) is 0. The van der Waals surface area contributed by atoms with Crippen molar-refractivity contribution >= 4 is 29.9 Å². The van der Waals surface area contributed by atoms with Gasteiger partial charge in [-0.25, -0.2) is 4.39 Å². The van der Waals surface area contributed by atoms with E-state index in [9.17, 15) is 4.39 Å². The van der Waals surface area contributed by atoms with Gasteiger partial charge in [0.05, 0.1) is 6.61 Å². The van der Waals surface area contributed by atoms with Gasteiger partial charge in [-0.2, -0.15) is 0 Å². The second-order valence-corrected chi connectivity index (χ2v) is 5.38. The smallest absolute Gasteiger partial charge is 0.195 e. The highest BCUT2D eigenvalue weighted by Crippen LogP contribution is 2.29. The van der Waals surface area contributed by atoms with Gasteiger partial charge in [-0.3, -0.25) is 4.99 Å². The Morgan fingerprint density at radius 3 is 2.55 bits per heavy atom. The molecule has 1 aromatic carbocycles. The van der Waals surface area contributed by atoms with Crippen molar-refractivity contribution < 1.29 is 13.9 Å². The molecule has 1 heterocycles. The van der Waals surface area contributed by atoms with Crippen LogP contribution in [0.1, 0.15) is 11.1 Å². The molecule has 0 atom stereocenters. The van der Waals surface area contributed by atoms with Gasteiger partial charge in [0, 0.05) is 40.3 Å². The first-order chi connectivity index (χ1) is 9.99. The Morgan fingerprint density at radius 1 is 1.23 bits per heavy atom. The molecule has 0 radical (unpaired) electrons. The van der Waals surface area contributed by atoms with Crippen molar-refractivity contribution in [2.24, 2.45) is 4.99 Å². The molecule has 1 aromatic rings. The molecular formula is C15H23FIN3O2. The van der Waals surface area contributed by atoms with Crippen LogP contribution >= 0.6 is 24.0 Å². The van der Waals surface area contributed by atoms with E-state index in [1.807, 2.05) is 38.0 Å². The third-order valence-corrected chi connectivity index (χ3v) is 3.19. The van der Waals surface area contributed by atoms with Crippen LogP contribution in [0.4, 0.5) is 4.39 Å². The molecule has 124 valence electrons. The van der Waals surface area contributed by atoms with E-state index in [4.69, 9.17) is 9.47 Å². The fourth-order valence-corrected chi connectivity index (χ4v) is 2.40. The number of halogens is 2. The SMILES string of the molecule is CN(C)C(=NCCc1cc(F)cc2c1OCOC2)N(C)C.I. The topological polar surface area (TPSA) is 37.3 Å². The average Bonchev–Trinajstić information content (AvgIpc) is 2.42. The maximum absolute atomic E-state index is 13.6. The number of aliphatic imine (C=N–C) groups is 1. The standard InChI is InChI=1S/C15H22FN3O2.HI/c1-18(2)15(19(3)4)17-6-5-11-7-13(16)8-12-9-20-10-21-14(11)12;/h7-8H,5-6,9-10H2,1-4H3;1H. The Hall–Kier alpha value is -1.09. The predicted molar refractivity (Wildman–Crippen MR) is 95.5 cm³/mol. The van der Waals surface area contributed by atoms with Crippen LogP contribution in [-0.2, 0) is 17.8 Å². The molecule has 0 aromatic heterocycles. The Kier molecular flexibility index (Phi) is 7.34. The third kappa shape index (κ3) is 4.70. The molecule has 0 N–H and O–H groups in total. The van der Waals surface area contributed by atoms with Crippen molar-refractivity contribution in [3.8, 4) is 5.75 Å². The number of rotatable bonds is 3. The molecule has 0 saturated carbocycles. The van der Waals surface area contributed by atoms with Gasteiger partial charge >= 0.3 is 0 Å². The minimum atomic E-state index is -0.262. The van der Waals surface area contributed by atoms with Gasteiger partial charge in [-0.05, 0) is 24.1 Å². The first kappa shape index (κ1) is 19.0. The number of benzene rings is 1. The number of nitrogens with zero attached hydrogens (tertiary/aromatic N) is 3. The lowest BCUT2D eigenvalue weighted by Gasteiger charge is -2.23. The molecule has 1 aliphatic rings. The molecule has 22 heavy (non-hydrogen) atoms. The van der Waals surface area contributed by atoms with Gasteiger partial charge in [-0.1, -0.05) is 0 Å². The van der Waals surface area contributed by atoms with Crippen molar-refractivity contribution in [2.45, 2.75) is 13.0 Å². The van der Waals surface area contributed by atoms with Crippen molar-refractivity contribution in [1.29, 1.82) is 0 Å². The lowest BCUT2D eigenvalue weighted by molar-refractivity contribution is -0.0172. The summed E-state index contributed by atoms with van der Waals surface area (Å²) in [4.78, 5) is 8.46. The summed E-state index contributed by atoms with van der Waals surface area (Å²) in [6.07, 6.45) is 0.630. The molecule has 0 aliphatic carbocycles. The van der Waals surface area contributed by atoms with Gasteiger partial charge in [0.15, 0.2) is 12.8 Å². The van der Waals surface area contributed by atoms with Gasteiger partial charge in [0.1, 0.15) is 11.6 Å². The highest BCUT2D eigenvalue weighted by molar-refractivity contribution is 14.0. The summed E-state index contributed by atoms with van der Waals surface area (Å²) in [7, 11) is 7.79. The van der Waals surface area contributed by atoms with Gasteiger partial charge in [0.25, 0.3) is 0 Å². The molecule has 0 saturated heterocycles. The Balaban J connectivity index is 0.00000242. The van der Waals surface area contributed by atoms with Crippen LogP contribution < -0.4 is 4.74 Å². The largest absolute Gasteiger partial charge is 0.467 e. The van der Waals surface area contributed by atoms with Crippen LogP contribution in [0.2, 0.25) is 0 Å². The zero-order valence-corrected chi connectivity index (χ0v) is 15.8. The average molecular weight is 423 g/mol. The van der Waals surface area contributed by atoms with Gasteiger partial charge in [0.2, 0.25) is 0 Å². The van der Waals surface area contributed by atoms with Crippen LogP contribution in [0, 0.1) is 5.82 Å². The van der Waals surface area contributed by atoms with E-state index >= 15 is 0 Å². The number of hydrogen-bond donors (Lipinski definition) is 0. The fourth-order valence-electron chi connectivity index (χ4n) is 2.40. The van der Waals surface area contributed by atoms with E-state index in [0.717, 1.165) is 22.8 Å². The molecule has 7 heteroatoms. The summed E-state index contributed by atoms with van der Waals surface area (Å²) in [6.45, 7) is 1.19. The molecule has 0 fully saturated rings. The zero-order valence-electron chi connectivity index (χ0n) is 13.4. The number of hydrogen-bond acceptors (Lipinski definition) is 3. The molecule has 5 nitrogen and oxygen atoms in total. The van der Waals surface area contributed by atoms with E-state index in [1.54, 1.807) is 0 Å². The van der Waals surface area contributed by atoms with Gasteiger partial charge in [-0.15, -0.1) is 24.0 Å². The van der Waals surface area contributed by atoms with Crippen LogP contribution in [-0.4, -0.2) is 57.3 Å². The lowest BCUT2D eigenvalue weighted by atomic mass is 10.1. The monoisotopic (exact) mass is 423 g/mol. The molecule has 0 spiro atoms. The third-order valence-electron chi connectivity index (χ3n) is 3.19. The quantitative estimate of drug-likeness (QED) is 0.425. The van der Waals surface area contributed by atoms with E-state index in [1.165, 1.54) is 12.1 Å². The van der Waals surface area contributed by atoms with Crippen LogP contribution in [0.25, 0.3) is 0 Å². The normalized spacial score (nSPS) is 12.6. The molecule has 1 aliphatic heterocycles. The predicted octanol–water partition coefficient (Wildman–Crippen LogP) is 2.33. The number of ether oxygens (including phenoxy) is 2. The molecular weight excluding hydrogens is 400 g/mol. The fraction of sp³-hybridized carbons (Fsp3) is 0.533. The summed E-state index contributed by atoms with van der Waals surface area (Å²) in [5.74, 6) is 1.36. The number of fused-ring (bicyclic) bond motifs is 1. The molecule has 2 rings (SSSR count). The summed E-state index contributed by atoms with van der Waals surface area (Å²) in [5.41, 5.74) is 1.61. The van der Waals surface area contributed by atoms with Crippen molar-refractivity contribution in [1.82, 2.24) is 9.80 Å². The second-order valence-electron chi connectivity index (χ2n) is 5.38. The summed E-state index contributed by atoms with van der Waals surface area (Å²) < 4.78 is 24.3. The molecule has 0 bridgehead atoms. The van der Waals surface area contributed by atoms with Crippen molar-refractivity contribution in [3.63, 3.8) is 0 Å². The van der Waals surface area contributed by atoms with Crippen LogP contribution in [0.5, 0.6) is 5.75 Å². The Morgan fingerprint density at radius 2 is 1.91 bits per heavy atom. The van der Waals surface area contributed by atoms with Crippen LogP contribution in [0.15, 0.2) is 17.1 Å². The maximum atomic E-state index is 13.6. The zero-order chi connectivity index (χ0) is 15.4.